The van der Waals surface area contributed by atoms with E-state index < -0.39 is 0 Å². The first-order valence-corrected chi connectivity index (χ1v) is 6.79. The Labute approximate surface area is 114 Å². The van der Waals surface area contributed by atoms with Gasteiger partial charge in [-0.1, -0.05) is 0 Å². The molecule has 0 bridgehead atoms. The van der Waals surface area contributed by atoms with Crippen LogP contribution in [0.15, 0.2) is 18.2 Å². The third-order valence-electron chi connectivity index (χ3n) is 3.22. The highest BCUT2D eigenvalue weighted by Gasteiger charge is 2.23. The molecule has 1 unspecified atom stereocenters. The van der Waals surface area contributed by atoms with Gasteiger partial charge in [0.1, 0.15) is 5.75 Å². The molecular formula is C15H22N2O2. The van der Waals surface area contributed by atoms with E-state index in [0.717, 1.165) is 23.4 Å². The van der Waals surface area contributed by atoms with E-state index in [1.807, 2.05) is 18.2 Å². The van der Waals surface area contributed by atoms with Crippen LogP contribution in [0.4, 0.5) is 5.69 Å². The molecule has 0 saturated heterocycles. The number of methoxy groups -OCH3 is 1. The standard InChI is InChI=1S/C15H22N2O2/c1-10(16-13-4-5-13)8-12-9-14(17-11(2)18)6-7-15(12)19-3/h6-7,9-10,13,16H,4-5,8H2,1-3H3,(H,17,18). The first kappa shape index (κ1) is 13.9. The van der Waals surface area contributed by atoms with Crippen molar-refractivity contribution in [2.24, 2.45) is 0 Å². The largest absolute Gasteiger partial charge is 0.496 e. The number of amides is 1. The summed E-state index contributed by atoms with van der Waals surface area (Å²) in [6.45, 7) is 3.70. The topological polar surface area (TPSA) is 50.4 Å². The van der Waals surface area contributed by atoms with Crippen LogP contribution in [0, 0.1) is 0 Å². The number of rotatable bonds is 6. The van der Waals surface area contributed by atoms with Gasteiger partial charge in [-0.05, 0) is 49.9 Å². The minimum atomic E-state index is -0.0553. The minimum Gasteiger partial charge on any atom is -0.496 e. The monoisotopic (exact) mass is 262 g/mol. The van der Waals surface area contributed by atoms with E-state index in [4.69, 9.17) is 4.74 Å². The number of hydrogen-bond donors (Lipinski definition) is 2. The third kappa shape index (κ3) is 4.24. The van der Waals surface area contributed by atoms with Crippen LogP contribution in [0.1, 0.15) is 32.3 Å². The molecule has 1 amide bonds. The van der Waals surface area contributed by atoms with Gasteiger partial charge in [0.25, 0.3) is 0 Å². The third-order valence-corrected chi connectivity index (χ3v) is 3.22. The summed E-state index contributed by atoms with van der Waals surface area (Å²) in [5.74, 6) is 0.818. The summed E-state index contributed by atoms with van der Waals surface area (Å²) < 4.78 is 5.39. The molecule has 0 aromatic heterocycles. The number of hydrogen-bond acceptors (Lipinski definition) is 3. The summed E-state index contributed by atoms with van der Waals surface area (Å²) in [4.78, 5) is 11.1. The predicted octanol–water partition coefficient (Wildman–Crippen LogP) is 2.34. The number of carbonyl (C=O) groups is 1. The zero-order chi connectivity index (χ0) is 13.8. The van der Waals surface area contributed by atoms with Crippen molar-refractivity contribution in [3.8, 4) is 5.75 Å². The minimum absolute atomic E-state index is 0.0553. The molecule has 1 aromatic rings. The highest BCUT2D eigenvalue weighted by atomic mass is 16.5. The molecule has 1 aromatic carbocycles. The quantitative estimate of drug-likeness (QED) is 0.827. The average Bonchev–Trinajstić information content (AvgIpc) is 3.12. The van der Waals surface area contributed by atoms with Gasteiger partial charge >= 0.3 is 0 Å². The van der Waals surface area contributed by atoms with E-state index in [9.17, 15) is 4.79 Å². The first-order valence-electron chi connectivity index (χ1n) is 6.79. The van der Waals surface area contributed by atoms with Crippen LogP contribution in [0.3, 0.4) is 0 Å². The van der Waals surface area contributed by atoms with Crippen LogP contribution in [-0.4, -0.2) is 25.1 Å². The fourth-order valence-electron chi connectivity index (χ4n) is 2.26. The Bertz CT molecular complexity index is 455. The van der Waals surface area contributed by atoms with Gasteiger partial charge < -0.3 is 15.4 Å². The van der Waals surface area contributed by atoms with Crippen molar-refractivity contribution >= 4 is 11.6 Å². The molecule has 4 heteroatoms. The summed E-state index contributed by atoms with van der Waals surface area (Å²) in [5.41, 5.74) is 1.94. The van der Waals surface area contributed by atoms with Crippen molar-refractivity contribution in [2.45, 2.75) is 45.2 Å². The van der Waals surface area contributed by atoms with Crippen molar-refractivity contribution in [1.82, 2.24) is 5.32 Å². The van der Waals surface area contributed by atoms with Gasteiger partial charge in [-0.25, -0.2) is 0 Å². The van der Waals surface area contributed by atoms with Gasteiger partial charge in [0.2, 0.25) is 5.91 Å². The number of carbonyl (C=O) groups excluding carboxylic acids is 1. The Morgan fingerprint density at radius 2 is 2.21 bits per heavy atom. The molecule has 104 valence electrons. The Balaban J connectivity index is 2.07. The molecule has 4 nitrogen and oxygen atoms in total. The van der Waals surface area contributed by atoms with Crippen molar-refractivity contribution in [3.63, 3.8) is 0 Å². The highest BCUT2D eigenvalue weighted by molar-refractivity contribution is 5.88. The number of ether oxygens (including phenoxy) is 1. The maximum Gasteiger partial charge on any atom is 0.221 e. The SMILES string of the molecule is COc1ccc(NC(C)=O)cc1CC(C)NC1CC1. The molecule has 0 aliphatic heterocycles. The number of nitrogens with one attached hydrogen (secondary N) is 2. The van der Waals surface area contributed by atoms with Gasteiger partial charge in [0.15, 0.2) is 0 Å². The molecule has 1 saturated carbocycles. The molecule has 2 rings (SSSR count). The smallest absolute Gasteiger partial charge is 0.221 e. The fourth-order valence-corrected chi connectivity index (χ4v) is 2.26. The first-order chi connectivity index (χ1) is 9.08. The second kappa shape index (κ2) is 6.06. The lowest BCUT2D eigenvalue weighted by atomic mass is 10.0. The summed E-state index contributed by atoms with van der Waals surface area (Å²) >= 11 is 0. The van der Waals surface area contributed by atoms with Gasteiger partial charge in [-0.3, -0.25) is 4.79 Å². The van der Waals surface area contributed by atoms with Crippen molar-refractivity contribution in [2.75, 3.05) is 12.4 Å². The second-order valence-corrected chi connectivity index (χ2v) is 5.25. The lowest BCUT2D eigenvalue weighted by Gasteiger charge is -2.16. The molecule has 1 fully saturated rings. The number of anilines is 1. The Morgan fingerprint density at radius 1 is 1.47 bits per heavy atom. The number of benzene rings is 1. The van der Waals surface area contributed by atoms with Crippen LogP contribution < -0.4 is 15.4 Å². The van der Waals surface area contributed by atoms with Gasteiger partial charge in [-0.15, -0.1) is 0 Å². The van der Waals surface area contributed by atoms with Gasteiger partial charge in [0.05, 0.1) is 7.11 Å². The Morgan fingerprint density at radius 3 is 2.79 bits per heavy atom. The predicted molar refractivity (Wildman–Crippen MR) is 76.6 cm³/mol. The zero-order valence-electron chi connectivity index (χ0n) is 11.8. The molecule has 0 radical (unpaired) electrons. The normalized spacial score (nSPS) is 15.9. The molecule has 1 aliphatic carbocycles. The van der Waals surface area contributed by atoms with E-state index in [0.29, 0.717) is 12.1 Å². The van der Waals surface area contributed by atoms with Crippen LogP contribution in [-0.2, 0) is 11.2 Å². The molecule has 2 N–H and O–H groups in total. The van der Waals surface area contributed by atoms with E-state index in [1.54, 1.807) is 7.11 Å². The molecule has 1 aliphatic rings. The van der Waals surface area contributed by atoms with E-state index in [2.05, 4.69) is 17.6 Å². The van der Waals surface area contributed by atoms with Crippen LogP contribution in [0.25, 0.3) is 0 Å². The van der Waals surface area contributed by atoms with E-state index in [1.165, 1.54) is 19.8 Å². The second-order valence-electron chi connectivity index (χ2n) is 5.25. The molecule has 19 heavy (non-hydrogen) atoms. The van der Waals surface area contributed by atoms with E-state index >= 15 is 0 Å². The van der Waals surface area contributed by atoms with Crippen molar-refractivity contribution in [3.05, 3.63) is 23.8 Å². The van der Waals surface area contributed by atoms with Crippen LogP contribution >= 0.6 is 0 Å². The molecule has 0 heterocycles. The summed E-state index contributed by atoms with van der Waals surface area (Å²) in [7, 11) is 1.68. The summed E-state index contributed by atoms with van der Waals surface area (Å²) in [6.07, 6.45) is 3.47. The maximum atomic E-state index is 11.1. The Hall–Kier alpha value is -1.55. The highest BCUT2D eigenvalue weighted by Crippen LogP contribution is 2.25. The average molecular weight is 262 g/mol. The fraction of sp³-hybridized carbons (Fsp3) is 0.533. The molecule has 1 atom stereocenters. The van der Waals surface area contributed by atoms with Crippen molar-refractivity contribution in [1.29, 1.82) is 0 Å². The zero-order valence-corrected chi connectivity index (χ0v) is 11.8. The Kier molecular flexibility index (Phi) is 4.43. The lowest BCUT2D eigenvalue weighted by molar-refractivity contribution is -0.114. The summed E-state index contributed by atoms with van der Waals surface area (Å²) in [5, 5.41) is 6.38. The van der Waals surface area contributed by atoms with Gasteiger partial charge in [0, 0.05) is 24.7 Å². The van der Waals surface area contributed by atoms with Crippen molar-refractivity contribution < 1.29 is 9.53 Å². The molecule has 0 spiro atoms. The molecular weight excluding hydrogens is 240 g/mol. The maximum absolute atomic E-state index is 11.1. The lowest BCUT2D eigenvalue weighted by Crippen LogP contribution is -2.30. The van der Waals surface area contributed by atoms with Crippen LogP contribution in [0.5, 0.6) is 5.75 Å². The van der Waals surface area contributed by atoms with Gasteiger partial charge in [-0.2, -0.15) is 0 Å². The summed E-state index contributed by atoms with van der Waals surface area (Å²) in [6, 6.07) is 6.87. The van der Waals surface area contributed by atoms with E-state index in [-0.39, 0.29) is 5.91 Å². The van der Waals surface area contributed by atoms with Crippen LogP contribution in [0.2, 0.25) is 0 Å².